The molecule has 0 aliphatic rings. The number of nitrogens with two attached hydrogens (primary N) is 1. The molecule has 0 bridgehead atoms. The van der Waals surface area contributed by atoms with E-state index in [-0.39, 0.29) is 18.5 Å². The second-order valence-corrected chi connectivity index (χ2v) is 7.65. The maximum absolute atomic E-state index is 12.5. The van der Waals surface area contributed by atoms with Crippen LogP contribution in [0.15, 0.2) is 60.0 Å². The van der Waals surface area contributed by atoms with Crippen molar-refractivity contribution in [2.45, 2.75) is 13.0 Å². The van der Waals surface area contributed by atoms with Crippen molar-refractivity contribution in [2.24, 2.45) is 0 Å². The molecular weight excluding hydrogens is 380 g/mol. The average molecular weight is 402 g/mol. The quantitative estimate of drug-likeness (QED) is 0.628. The van der Waals surface area contributed by atoms with Gasteiger partial charge in [-0.1, -0.05) is 47.5 Å². The highest BCUT2D eigenvalue weighted by Gasteiger charge is 2.20. The molecule has 6 heteroatoms. The van der Waals surface area contributed by atoms with E-state index in [9.17, 15) is 4.79 Å². The van der Waals surface area contributed by atoms with Gasteiger partial charge in [-0.3, -0.25) is 4.79 Å². The van der Waals surface area contributed by atoms with Gasteiger partial charge < -0.3 is 15.4 Å². The predicted molar refractivity (Wildman–Crippen MR) is 111 cm³/mol. The van der Waals surface area contributed by atoms with Crippen LogP contribution in [0.25, 0.3) is 0 Å². The van der Waals surface area contributed by atoms with Crippen LogP contribution in [0, 0.1) is 6.92 Å². The van der Waals surface area contributed by atoms with E-state index in [1.165, 1.54) is 16.0 Å². The fourth-order valence-electron chi connectivity index (χ4n) is 2.86. The number of thiophene rings is 1. The molecule has 3 N–H and O–H groups in total. The lowest BCUT2D eigenvalue weighted by Crippen LogP contribution is -2.87. The Balaban J connectivity index is 1.71. The second-order valence-electron chi connectivity index (χ2n) is 6.24. The third-order valence-electron chi connectivity index (χ3n) is 4.26. The Hall–Kier alpha value is -2.34. The number of ether oxygens (including phenoxy) is 1. The van der Waals surface area contributed by atoms with Gasteiger partial charge in [0.1, 0.15) is 11.8 Å². The van der Waals surface area contributed by atoms with Crippen molar-refractivity contribution in [2.75, 3.05) is 19.0 Å². The second kappa shape index (κ2) is 9.04. The van der Waals surface area contributed by atoms with Crippen molar-refractivity contribution >= 4 is 34.5 Å². The van der Waals surface area contributed by atoms with Crippen molar-refractivity contribution in [3.05, 3.63) is 81.0 Å². The fourth-order valence-corrected chi connectivity index (χ4v) is 3.88. The highest BCUT2D eigenvalue weighted by atomic mass is 35.5. The Labute approximate surface area is 168 Å². The Morgan fingerprint density at radius 3 is 2.67 bits per heavy atom. The SMILES string of the molecule is COc1ccc(Cl)cc1NC(=O)C[NH2+][C@@H](c1ccc(C)cc1)c1cccs1. The first kappa shape index (κ1) is 19.4. The summed E-state index contributed by atoms with van der Waals surface area (Å²) in [7, 11) is 1.56. The molecule has 1 heterocycles. The topological polar surface area (TPSA) is 54.9 Å². The molecule has 0 saturated carbocycles. The minimum Gasteiger partial charge on any atom is -0.495 e. The summed E-state index contributed by atoms with van der Waals surface area (Å²) < 4.78 is 5.28. The van der Waals surface area contributed by atoms with Gasteiger partial charge in [-0.2, -0.15) is 0 Å². The smallest absolute Gasteiger partial charge is 0.279 e. The predicted octanol–water partition coefficient (Wildman–Crippen LogP) is 4.01. The molecule has 0 fully saturated rings. The van der Waals surface area contributed by atoms with Crippen LogP contribution in [0.1, 0.15) is 22.0 Å². The first-order valence-electron chi connectivity index (χ1n) is 8.63. The largest absolute Gasteiger partial charge is 0.495 e. The molecule has 0 aliphatic carbocycles. The van der Waals surface area contributed by atoms with E-state index in [0.29, 0.717) is 16.5 Å². The Kier molecular flexibility index (Phi) is 6.50. The lowest BCUT2D eigenvalue weighted by Gasteiger charge is -2.15. The summed E-state index contributed by atoms with van der Waals surface area (Å²) in [5, 5.41) is 7.54. The van der Waals surface area contributed by atoms with Crippen LogP contribution in [-0.4, -0.2) is 19.6 Å². The van der Waals surface area contributed by atoms with Crippen LogP contribution in [-0.2, 0) is 4.79 Å². The number of quaternary nitrogens is 1. The molecular formula is C21H22ClN2O2S+. The molecule has 140 valence electrons. The Morgan fingerprint density at radius 2 is 2.00 bits per heavy atom. The highest BCUT2D eigenvalue weighted by Crippen LogP contribution is 2.27. The molecule has 4 nitrogen and oxygen atoms in total. The number of hydrogen-bond donors (Lipinski definition) is 2. The lowest BCUT2D eigenvalue weighted by atomic mass is 10.0. The molecule has 1 amide bonds. The molecule has 0 saturated heterocycles. The van der Waals surface area contributed by atoms with Gasteiger partial charge >= 0.3 is 0 Å². The zero-order valence-electron chi connectivity index (χ0n) is 15.2. The van der Waals surface area contributed by atoms with E-state index in [1.807, 2.05) is 11.4 Å². The Bertz CT molecular complexity index is 895. The van der Waals surface area contributed by atoms with Crippen molar-refractivity contribution in [3.8, 4) is 5.75 Å². The molecule has 0 unspecified atom stereocenters. The van der Waals surface area contributed by atoms with Crippen LogP contribution in [0.3, 0.4) is 0 Å². The molecule has 0 radical (unpaired) electrons. The summed E-state index contributed by atoms with van der Waals surface area (Å²) >= 11 is 7.73. The van der Waals surface area contributed by atoms with Crippen molar-refractivity contribution in [3.63, 3.8) is 0 Å². The van der Waals surface area contributed by atoms with Gasteiger partial charge in [0.25, 0.3) is 5.91 Å². The zero-order valence-corrected chi connectivity index (χ0v) is 16.8. The van der Waals surface area contributed by atoms with Crippen LogP contribution >= 0.6 is 22.9 Å². The standard InChI is InChI=1S/C21H21ClN2O2S/c1-14-5-7-15(8-6-14)21(19-4-3-11-27-19)23-13-20(25)24-17-12-16(22)9-10-18(17)26-2/h3-12,21,23H,13H2,1-2H3,(H,24,25)/p+1/t21-/m0/s1. The van der Waals surface area contributed by atoms with E-state index in [1.54, 1.807) is 36.6 Å². The third kappa shape index (κ3) is 5.10. The first-order chi connectivity index (χ1) is 13.1. The van der Waals surface area contributed by atoms with Gasteiger partial charge in [0.15, 0.2) is 6.54 Å². The van der Waals surface area contributed by atoms with E-state index >= 15 is 0 Å². The molecule has 0 aliphatic heterocycles. The van der Waals surface area contributed by atoms with E-state index in [2.05, 4.69) is 48.0 Å². The summed E-state index contributed by atoms with van der Waals surface area (Å²) in [6.45, 7) is 2.35. The minimum absolute atomic E-state index is 0.0811. The van der Waals surface area contributed by atoms with Crippen LogP contribution in [0.2, 0.25) is 5.02 Å². The number of benzene rings is 2. The average Bonchev–Trinajstić information content (AvgIpc) is 3.18. The summed E-state index contributed by atoms with van der Waals surface area (Å²) in [6.07, 6.45) is 0. The number of aryl methyl sites for hydroxylation is 1. The van der Waals surface area contributed by atoms with Gasteiger partial charge in [0, 0.05) is 10.6 Å². The minimum atomic E-state index is -0.107. The van der Waals surface area contributed by atoms with Crippen molar-refractivity contribution in [1.29, 1.82) is 0 Å². The normalized spacial score (nSPS) is 11.8. The number of amides is 1. The zero-order chi connectivity index (χ0) is 19.2. The highest BCUT2D eigenvalue weighted by molar-refractivity contribution is 7.10. The number of carbonyl (C=O) groups excluding carboxylic acids is 1. The molecule has 3 rings (SSSR count). The Morgan fingerprint density at radius 1 is 1.22 bits per heavy atom. The first-order valence-corrected chi connectivity index (χ1v) is 9.89. The molecule has 2 aromatic carbocycles. The maximum Gasteiger partial charge on any atom is 0.279 e. The van der Waals surface area contributed by atoms with Crippen LogP contribution in [0.4, 0.5) is 5.69 Å². The summed E-state index contributed by atoms with van der Waals surface area (Å²) in [6, 6.07) is 17.8. The van der Waals surface area contributed by atoms with Gasteiger partial charge in [-0.15, -0.1) is 11.3 Å². The number of carbonyl (C=O) groups is 1. The van der Waals surface area contributed by atoms with E-state index < -0.39 is 0 Å². The third-order valence-corrected chi connectivity index (χ3v) is 5.45. The maximum atomic E-state index is 12.5. The van der Waals surface area contributed by atoms with E-state index in [4.69, 9.17) is 16.3 Å². The van der Waals surface area contributed by atoms with Gasteiger partial charge in [-0.05, 0) is 36.6 Å². The number of hydrogen-bond acceptors (Lipinski definition) is 3. The molecule has 1 aromatic heterocycles. The van der Waals surface area contributed by atoms with Crippen molar-refractivity contribution in [1.82, 2.24) is 0 Å². The summed E-state index contributed by atoms with van der Waals surface area (Å²) in [5.74, 6) is 0.477. The lowest BCUT2D eigenvalue weighted by molar-refractivity contribution is -0.675. The number of halogens is 1. The number of anilines is 1. The molecule has 3 aromatic rings. The number of rotatable bonds is 7. The fraction of sp³-hybridized carbons (Fsp3) is 0.190. The number of nitrogens with one attached hydrogen (secondary N) is 1. The molecule has 0 spiro atoms. The number of methoxy groups -OCH3 is 1. The van der Waals surface area contributed by atoms with Gasteiger partial charge in [0.05, 0.1) is 17.7 Å². The molecule has 27 heavy (non-hydrogen) atoms. The summed E-state index contributed by atoms with van der Waals surface area (Å²) in [5.41, 5.74) is 2.97. The van der Waals surface area contributed by atoms with Crippen LogP contribution in [0.5, 0.6) is 5.75 Å². The molecule has 1 atom stereocenters. The van der Waals surface area contributed by atoms with Crippen LogP contribution < -0.4 is 15.4 Å². The monoisotopic (exact) mass is 401 g/mol. The summed E-state index contributed by atoms with van der Waals surface area (Å²) in [4.78, 5) is 13.7. The van der Waals surface area contributed by atoms with E-state index in [0.717, 1.165) is 0 Å². The van der Waals surface area contributed by atoms with Gasteiger partial charge in [0.2, 0.25) is 0 Å². The van der Waals surface area contributed by atoms with Gasteiger partial charge in [-0.25, -0.2) is 0 Å². The van der Waals surface area contributed by atoms with Crippen molar-refractivity contribution < 1.29 is 14.8 Å².